The summed E-state index contributed by atoms with van der Waals surface area (Å²) in [7, 11) is 0. The third-order valence-electron chi connectivity index (χ3n) is 4.11. The van der Waals surface area contributed by atoms with Crippen molar-refractivity contribution in [2.24, 2.45) is 0 Å². The maximum absolute atomic E-state index is 14.4. The predicted octanol–water partition coefficient (Wildman–Crippen LogP) is 3.51. The molecular formula is C19H17F4N3O2. The predicted molar refractivity (Wildman–Crippen MR) is 93.1 cm³/mol. The van der Waals surface area contributed by atoms with Crippen molar-refractivity contribution in [2.45, 2.75) is 25.6 Å². The number of aryl methyl sites for hydroxylation is 1. The monoisotopic (exact) mass is 395 g/mol. The Balaban J connectivity index is 2.14. The second-order valence-electron chi connectivity index (χ2n) is 6.11. The second kappa shape index (κ2) is 8.07. The van der Waals surface area contributed by atoms with Crippen LogP contribution in [-0.2, 0) is 19.2 Å². The number of halogens is 4. The van der Waals surface area contributed by atoms with Crippen LogP contribution >= 0.6 is 0 Å². The number of aliphatic hydroxyl groups excluding tert-OH is 2. The molecule has 2 aromatic carbocycles. The van der Waals surface area contributed by atoms with Gasteiger partial charge >= 0.3 is 6.18 Å². The number of aromatic nitrogens is 3. The van der Waals surface area contributed by atoms with Gasteiger partial charge in [-0.2, -0.15) is 18.3 Å². The van der Waals surface area contributed by atoms with Crippen molar-refractivity contribution in [3.8, 4) is 17.1 Å². The van der Waals surface area contributed by atoms with Crippen LogP contribution in [0.3, 0.4) is 0 Å². The number of rotatable bonds is 6. The zero-order valence-corrected chi connectivity index (χ0v) is 14.6. The van der Waals surface area contributed by atoms with E-state index in [1.807, 2.05) is 0 Å². The van der Waals surface area contributed by atoms with Gasteiger partial charge in [0.25, 0.3) is 0 Å². The molecule has 148 valence electrons. The highest BCUT2D eigenvalue weighted by atomic mass is 19.4. The topological polar surface area (TPSA) is 71.2 Å². The summed E-state index contributed by atoms with van der Waals surface area (Å²) in [5.41, 5.74) is -0.242. The molecule has 0 fully saturated rings. The summed E-state index contributed by atoms with van der Waals surface area (Å²) in [6, 6.07) is 8.59. The quantitative estimate of drug-likeness (QED) is 0.627. The van der Waals surface area contributed by atoms with E-state index >= 15 is 0 Å². The summed E-state index contributed by atoms with van der Waals surface area (Å²) < 4.78 is 54.6. The molecule has 0 atom stereocenters. The van der Waals surface area contributed by atoms with Crippen molar-refractivity contribution >= 4 is 0 Å². The van der Waals surface area contributed by atoms with E-state index in [2.05, 4.69) is 10.1 Å². The van der Waals surface area contributed by atoms with Crippen molar-refractivity contribution < 1.29 is 27.8 Å². The van der Waals surface area contributed by atoms with Gasteiger partial charge in [0.1, 0.15) is 11.5 Å². The van der Waals surface area contributed by atoms with Gasteiger partial charge in [0.15, 0.2) is 11.6 Å². The Morgan fingerprint density at radius 1 is 1.00 bits per heavy atom. The average Bonchev–Trinajstić information content (AvgIpc) is 3.09. The average molecular weight is 395 g/mol. The minimum atomic E-state index is -4.63. The van der Waals surface area contributed by atoms with Gasteiger partial charge in [-0.3, -0.25) is 0 Å². The van der Waals surface area contributed by atoms with Gasteiger partial charge in [-0.05, 0) is 30.2 Å². The molecule has 5 nitrogen and oxygen atoms in total. The first-order chi connectivity index (χ1) is 13.3. The Kier molecular flexibility index (Phi) is 5.76. The summed E-state index contributed by atoms with van der Waals surface area (Å²) in [4.78, 5) is 4.31. The molecule has 0 aliphatic carbocycles. The molecule has 0 saturated carbocycles. The van der Waals surface area contributed by atoms with Crippen molar-refractivity contribution in [3.63, 3.8) is 0 Å². The Morgan fingerprint density at radius 3 is 2.32 bits per heavy atom. The standard InChI is InChI=1S/C19H17F4N3O2/c20-15-8-7-14(19(21,22)23)10-16(15)26-18(24-17(25-26)2-1-9-27)13-5-3-12(11-28)4-6-13/h3-8,10,27-28H,1-2,9,11H2. The number of nitrogens with zero attached hydrogens (tertiary/aromatic N) is 3. The molecule has 1 aromatic heterocycles. The Labute approximate surface area is 157 Å². The number of benzene rings is 2. The van der Waals surface area contributed by atoms with Crippen LogP contribution in [0.25, 0.3) is 17.1 Å². The molecule has 28 heavy (non-hydrogen) atoms. The fraction of sp³-hybridized carbons (Fsp3) is 0.263. The molecule has 0 bridgehead atoms. The van der Waals surface area contributed by atoms with Gasteiger partial charge in [0.05, 0.1) is 12.2 Å². The molecule has 2 N–H and O–H groups in total. The zero-order chi connectivity index (χ0) is 20.3. The van der Waals surface area contributed by atoms with E-state index in [4.69, 9.17) is 10.2 Å². The van der Waals surface area contributed by atoms with E-state index in [1.54, 1.807) is 24.3 Å². The van der Waals surface area contributed by atoms with Gasteiger partial charge in [0, 0.05) is 18.6 Å². The summed E-state index contributed by atoms with van der Waals surface area (Å²) in [5.74, 6) is -0.442. The number of aliphatic hydroxyl groups is 2. The van der Waals surface area contributed by atoms with E-state index in [0.717, 1.165) is 10.7 Å². The SMILES string of the molecule is OCCCc1nc(-c2ccc(CO)cc2)n(-c2cc(C(F)(F)F)ccc2F)n1. The Hall–Kier alpha value is -2.78. The Bertz CT molecular complexity index is 953. The van der Waals surface area contributed by atoms with E-state index < -0.39 is 17.6 Å². The van der Waals surface area contributed by atoms with Gasteiger partial charge in [0.2, 0.25) is 0 Å². The highest BCUT2D eigenvalue weighted by molar-refractivity contribution is 5.59. The molecule has 0 unspecified atom stereocenters. The van der Waals surface area contributed by atoms with Crippen molar-refractivity contribution in [1.29, 1.82) is 0 Å². The lowest BCUT2D eigenvalue weighted by Crippen LogP contribution is -2.09. The van der Waals surface area contributed by atoms with Crippen LogP contribution in [0, 0.1) is 5.82 Å². The fourth-order valence-electron chi connectivity index (χ4n) is 2.66. The van der Waals surface area contributed by atoms with E-state index in [0.29, 0.717) is 29.7 Å². The van der Waals surface area contributed by atoms with Crippen LogP contribution in [-0.4, -0.2) is 31.6 Å². The normalized spacial score (nSPS) is 11.8. The lowest BCUT2D eigenvalue weighted by Gasteiger charge is -2.11. The molecule has 3 rings (SSSR count). The van der Waals surface area contributed by atoms with Crippen LogP contribution in [0.4, 0.5) is 17.6 Å². The van der Waals surface area contributed by atoms with Crippen molar-refractivity contribution in [1.82, 2.24) is 14.8 Å². The largest absolute Gasteiger partial charge is 0.416 e. The number of hydrogen-bond donors (Lipinski definition) is 2. The van der Waals surface area contributed by atoms with E-state index in [1.165, 1.54) is 0 Å². The molecule has 0 amide bonds. The molecule has 0 radical (unpaired) electrons. The number of alkyl halides is 3. The third kappa shape index (κ3) is 4.20. The molecular weight excluding hydrogens is 378 g/mol. The summed E-state index contributed by atoms with van der Waals surface area (Å²) >= 11 is 0. The third-order valence-corrected chi connectivity index (χ3v) is 4.11. The maximum Gasteiger partial charge on any atom is 0.416 e. The van der Waals surface area contributed by atoms with Gasteiger partial charge in [-0.1, -0.05) is 24.3 Å². The minimum Gasteiger partial charge on any atom is -0.396 e. The molecule has 0 spiro atoms. The molecule has 3 aromatic rings. The second-order valence-corrected chi connectivity index (χ2v) is 6.11. The van der Waals surface area contributed by atoms with E-state index in [-0.39, 0.29) is 37.0 Å². The van der Waals surface area contributed by atoms with Crippen molar-refractivity contribution in [3.05, 3.63) is 65.2 Å². The lowest BCUT2D eigenvalue weighted by atomic mass is 10.1. The molecule has 0 aliphatic rings. The summed E-state index contributed by atoms with van der Waals surface area (Å²) in [6.07, 6.45) is -3.99. The smallest absolute Gasteiger partial charge is 0.396 e. The van der Waals surface area contributed by atoms with Crippen LogP contribution < -0.4 is 0 Å². The van der Waals surface area contributed by atoms with Crippen LogP contribution in [0.2, 0.25) is 0 Å². The molecule has 1 heterocycles. The van der Waals surface area contributed by atoms with Gasteiger partial charge in [-0.25, -0.2) is 14.1 Å². The maximum atomic E-state index is 14.4. The lowest BCUT2D eigenvalue weighted by molar-refractivity contribution is -0.137. The van der Waals surface area contributed by atoms with Crippen LogP contribution in [0.5, 0.6) is 0 Å². The first kappa shape index (κ1) is 20.0. The van der Waals surface area contributed by atoms with Crippen molar-refractivity contribution in [2.75, 3.05) is 6.61 Å². The van der Waals surface area contributed by atoms with Gasteiger partial charge in [-0.15, -0.1) is 0 Å². The number of hydrogen-bond acceptors (Lipinski definition) is 4. The first-order valence-corrected chi connectivity index (χ1v) is 8.47. The van der Waals surface area contributed by atoms with E-state index in [9.17, 15) is 17.6 Å². The highest BCUT2D eigenvalue weighted by Crippen LogP contribution is 2.32. The molecule has 0 aliphatic heterocycles. The highest BCUT2D eigenvalue weighted by Gasteiger charge is 2.32. The summed E-state index contributed by atoms with van der Waals surface area (Å²) in [5, 5.41) is 22.3. The molecule has 9 heteroatoms. The first-order valence-electron chi connectivity index (χ1n) is 8.47. The van der Waals surface area contributed by atoms with Crippen LogP contribution in [0.1, 0.15) is 23.4 Å². The summed E-state index contributed by atoms with van der Waals surface area (Å²) in [6.45, 7) is -0.274. The fourth-order valence-corrected chi connectivity index (χ4v) is 2.66. The molecule has 0 saturated heterocycles. The Morgan fingerprint density at radius 2 is 1.71 bits per heavy atom. The minimum absolute atomic E-state index is 0.104. The zero-order valence-electron chi connectivity index (χ0n) is 14.6. The van der Waals surface area contributed by atoms with Crippen LogP contribution in [0.15, 0.2) is 42.5 Å². The van der Waals surface area contributed by atoms with Gasteiger partial charge < -0.3 is 10.2 Å².